The zero-order chi connectivity index (χ0) is 68.6. The fraction of sp³-hybridized carbons (Fsp3) is 0.946. The van der Waals surface area contributed by atoms with E-state index in [0.29, 0.717) is 25.7 Å². The molecule has 0 saturated heterocycles. The lowest BCUT2D eigenvalue weighted by atomic mass is 9.99. The van der Waals surface area contributed by atoms with Crippen molar-refractivity contribution in [2.24, 2.45) is 11.8 Å². The molecule has 0 aliphatic heterocycles. The third-order valence-corrected chi connectivity index (χ3v) is 19.5. The summed E-state index contributed by atoms with van der Waals surface area (Å²) in [5, 5.41) is 10.6. The van der Waals surface area contributed by atoms with Crippen molar-refractivity contribution in [3.05, 3.63) is 0 Å². The molecule has 0 radical (unpaired) electrons. The molecule has 19 heteroatoms. The van der Waals surface area contributed by atoms with Gasteiger partial charge in [0.25, 0.3) is 0 Å². The second kappa shape index (κ2) is 66.0. The van der Waals surface area contributed by atoms with Crippen molar-refractivity contribution in [1.29, 1.82) is 0 Å². The van der Waals surface area contributed by atoms with E-state index < -0.39 is 97.5 Å². The van der Waals surface area contributed by atoms with Gasteiger partial charge in [0.15, 0.2) is 12.2 Å². The van der Waals surface area contributed by atoms with Crippen LogP contribution in [0.2, 0.25) is 0 Å². The average molecular weight is 1370 g/mol. The summed E-state index contributed by atoms with van der Waals surface area (Å²) in [6.07, 6.45) is 53.5. The summed E-state index contributed by atoms with van der Waals surface area (Å²) in [4.78, 5) is 72.2. The predicted octanol–water partition coefficient (Wildman–Crippen LogP) is 21.6. The van der Waals surface area contributed by atoms with Gasteiger partial charge in [-0.15, -0.1) is 0 Å². The number of ether oxygens (including phenoxy) is 4. The van der Waals surface area contributed by atoms with Crippen LogP contribution in [0.25, 0.3) is 0 Å². The molecule has 0 rings (SSSR count). The van der Waals surface area contributed by atoms with Crippen LogP contribution in [-0.4, -0.2) is 96.7 Å². The van der Waals surface area contributed by atoms with Crippen molar-refractivity contribution >= 4 is 39.5 Å². The molecular weight excluding hydrogens is 1220 g/mol. The van der Waals surface area contributed by atoms with E-state index in [4.69, 9.17) is 37.0 Å². The van der Waals surface area contributed by atoms with E-state index in [1.807, 2.05) is 0 Å². The Labute approximate surface area is 568 Å². The fourth-order valence-corrected chi connectivity index (χ4v) is 12.8. The summed E-state index contributed by atoms with van der Waals surface area (Å²) in [6.45, 7) is 9.54. The van der Waals surface area contributed by atoms with Gasteiger partial charge in [-0.25, -0.2) is 9.13 Å². The van der Waals surface area contributed by atoms with Gasteiger partial charge >= 0.3 is 39.5 Å². The first-order valence-corrected chi connectivity index (χ1v) is 41.5. The summed E-state index contributed by atoms with van der Waals surface area (Å²) >= 11 is 0. The highest BCUT2D eigenvalue weighted by Crippen LogP contribution is 2.45. The highest BCUT2D eigenvalue weighted by molar-refractivity contribution is 7.47. The van der Waals surface area contributed by atoms with Gasteiger partial charge in [-0.1, -0.05) is 330 Å². The maximum atomic E-state index is 13.1. The summed E-state index contributed by atoms with van der Waals surface area (Å²) in [5.74, 6) is -0.453. The maximum Gasteiger partial charge on any atom is 0.472 e. The Morgan fingerprint density at radius 1 is 0.312 bits per heavy atom. The van der Waals surface area contributed by atoms with E-state index in [-0.39, 0.29) is 25.7 Å². The Balaban J connectivity index is 5.06. The molecule has 3 N–H and O–H groups in total. The highest BCUT2D eigenvalue weighted by atomic mass is 31.2. The van der Waals surface area contributed by atoms with E-state index in [0.717, 1.165) is 121 Å². The smallest absolute Gasteiger partial charge is 0.462 e. The molecular formula is C74H144O17P2. The number of carbonyl (C=O) groups excluding carboxylic acids is 4. The number of phosphoric ester groups is 2. The fourth-order valence-electron chi connectivity index (χ4n) is 11.3. The van der Waals surface area contributed by atoms with Gasteiger partial charge in [0.1, 0.15) is 19.3 Å². The molecule has 0 aliphatic rings. The summed E-state index contributed by atoms with van der Waals surface area (Å²) in [5.41, 5.74) is 0. The molecule has 0 spiro atoms. The lowest BCUT2D eigenvalue weighted by Crippen LogP contribution is -2.30. The van der Waals surface area contributed by atoms with E-state index in [1.54, 1.807) is 0 Å². The minimum atomic E-state index is -4.95. The number of hydrogen-bond donors (Lipinski definition) is 3. The van der Waals surface area contributed by atoms with Gasteiger partial charge in [0, 0.05) is 25.7 Å². The highest BCUT2D eigenvalue weighted by Gasteiger charge is 2.30. The average Bonchev–Trinajstić information content (AvgIpc) is 3.74. The van der Waals surface area contributed by atoms with Gasteiger partial charge in [-0.2, -0.15) is 0 Å². The van der Waals surface area contributed by atoms with Gasteiger partial charge in [-0.05, 0) is 37.5 Å². The molecule has 0 fully saturated rings. The molecule has 0 bridgehead atoms. The molecule has 6 atom stereocenters. The molecule has 93 heavy (non-hydrogen) atoms. The van der Waals surface area contributed by atoms with Crippen molar-refractivity contribution in [1.82, 2.24) is 0 Å². The van der Waals surface area contributed by atoms with Gasteiger partial charge in [0.05, 0.1) is 26.4 Å². The monoisotopic (exact) mass is 1370 g/mol. The Morgan fingerprint density at radius 2 is 0.548 bits per heavy atom. The van der Waals surface area contributed by atoms with Crippen molar-refractivity contribution in [3.63, 3.8) is 0 Å². The molecule has 0 amide bonds. The first-order chi connectivity index (χ1) is 44.9. The minimum Gasteiger partial charge on any atom is -0.462 e. The molecule has 0 aromatic carbocycles. The number of unbranched alkanes of at least 4 members (excludes halogenated alkanes) is 42. The molecule has 552 valence electrons. The van der Waals surface area contributed by atoms with E-state index in [2.05, 4.69) is 41.5 Å². The van der Waals surface area contributed by atoms with Gasteiger partial charge in [0.2, 0.25) is 0 Å². The number of aliphatic hydroxyl groups is 1. The standard InChI is InChI=1S/C74H144O17P2/c1-7-10-12-14-37-46-52-58-73(78)90-69(62-84-71(76)56-50-42-13-11-8-2)64-88-92(80,81)86-60-68(75)61-87-93(82,83)89-65-70(63-85-72(77)57-51-45-40-35-31-27-23-20-19-21-25-29-33-38-43-48-54-66(4)5)91-74(79)59-53-47-41-36-32-28-24-18-16-15-17-22-26-30-34-39-44-49-55-67(6)9-3/h66-70,75H,7-65H2,1-6H3,(H,80,81)(H,82,83)/t67?,68-,69+,70+/m0/s1. The second-order valence-corrected chi connectivity index (χ2v) is 30.3. The van der Waals surface area contributed by atoms with Crippen LogP contribution in [0.3, 0.4) is 0 Å². The Kier molecular flexibility index (Phi) is 64.6. The Bertz CT molecular complexity index is 1810. The first-order valence-electron chi connectivity index (χ1n) is 38.5. The van der Waals surface area contributed by atoms with Crippen LogP contribution in [0.4, 0.5) is 0 Å². The number of aliphatic hydroxyl groups excluding tert-OH is 1. The normalized spacial score (nSPS) is 14.3. The quantitative estimate of drug-likeness (QED) is 0.0222. The molecule has 0 aromatic heterocycles. The Hall–Kier alpha value is -1.94. The van der Waals surface area contributed by atoms with E-state index in [9.17, 15) is 43.2 Å². The minimum absolute atomic E-state index is 0.103. The van der Waals surface area contributed by atoms with Crippen LogP contribution in [0.15, 0.2) is 0 Å². The molecule has 0 heterocycles. The van der Waals surface area contributed by atoms with Gasteiger partial charge < -0.3 is 33.8 Å². The zero-order valence-electron chi connectivity index (χ0n) is 60.6. The van der Waals surface area contributed by atoms with Crippen LogP contribution in [0.1, 0.15) is 382 Å². The third kappa shape index (κ3) is 67.0. The lowest BCUT2D eigenvalue weighted by Gasteiger charge is -2.21. The van der Waals surface area contributed by atoms with Crippen LogP contribution in [0, 0.1) is 11.8 Å². The maximum absolute atomic E-state index is 13.1. The number of phosphoric acid groups is 2. The van der Waals surface area contributed by atoms with Gasteiger partial charge in [-0.3, -0.25) is 37.3 Å². The number of carbonyl (C=O) groups is 4. The van der Waals surface area contributed by atoms with E-state index in [1.165, 1.54) is 180 Å². The van der Waals surface area contributed by atoms with Crippen LogP contribution in [0.5, 0.6) is 0 Å². The first kappa shape index (κ1) is 91.1. The topological polar surface area (TPSA) is 237 Å². The lowest BCUT2D eigenvalue weighted by molar-refractivity contribution is -0.161. The van der Waals surface area contributed by atoms with Crippen molar-refractivity contribution in [3.8, 4) is 0 Å². The molecule has 0 aliphatic carbocycles. The number of hydrogen-bond acceptors (Lipinski definition) is 15. The van der Waals surface area contributed by atoms with Crippen molar-refractivity contribution in [2.45, 2.75) is 400 Å². The van der Waals surface area contributed by atoms with E-state index >= 15 is 0 Å². The Morgan fingerprint density at radius 3 is 0.817 bits per heavy atom. The zero-order valence-corrected chi connectivity index (χ0v) is 62.3. The SMILES string of the molecule is CCCCCCCCCC(=O)O[C@H](COC(=O)CCCCCCC)COP(=O)(O)OC[C@H](O)COP(=O)(O)OC[C@@H](COC(=O)CCCCCCCCCCCCCCCCCCC(C)C)OC(=O)CCCCCCCCCCCCCCCCCCCCC(C)CC. The molecule has 3 unspecified atom stereocenters. The summed E-state index contributed by atoms with van der Waals surface area (Å²) in [7, 11) is -9.89. The molecule has 17 nitrogen and oxygen atoms in total. The van der Waals surface area contributed by atoms with Crippen LogP contribution in [-0.2, 0) is 65.4 Å². The predicted molar refractivity (Wildman–Crippen MR) is 377 cm³/mol. The second-order valence-electron chi connectivity index (χ2n) is 27.4. The summed E-state index contributed by atoms with van der Waals surface area (Å²) < 4.78 is 68.0. The van der Waals surface area contributed by atoms with Crippen molar-refractivity contribution in [2.75, 3.05) is 39.6 Å². The van der Waals surface area contributed by atoms with Crippen molar-refractivity contribution < 1.29 is 80.2 Å². The van der Waals surface area contributed by atoms with Crippen LogP contribution < -0.4 is 0 Å². The molecule has 0 aromatic rings. The largest absolute Gasteiger partial charge is 0.472 e. The number of esters is 4. The third-order valence-electron chi connectivity index (χ3n) is 17.6. The molecule has 0 saturated carbocycles. The van der Waals surface area contributed by atoms with Crippen LogP contribution >= 0.6 is 15.6 Å². The summed E-state index contributed by atoms with van der Waals surface area (Å²) in [6, 6.07) is 0. The number of rotatable bonds is 73.